The standard InChI is InChI=1S/C44H30N2OS/c1-3-13-32-33-24-31-22-23-48-42(31)26-36(33)44(34(32)4-2)35-18-11-12-19-40(35)47-41-21-20-30(25-37(41)44)39-27-38(28-14-7-5-8-15-28)45-43(46-39)29-16-9-6-10-17-29/h3-27H,2H2,1H3/b13-3-. The topological polar surface area (TPSA) is 35.0 Å². The van der Waals surface area contributed by atoms with Gasteiger partial charge in [-0.2, -0.15) is 0 Å². The van der Waals surface area contributed by atoms with Crippen molar-refractivity contribution in [1.82, 2.24) is 9.97 Å². The number of rotatable bonds is 5. The maximum Gasteiger partial charge on any atom is 0.160 e. The van der Waals surface area contributed by atoms with Crippen LogP contribution in [0.3, 0.4) is 0 Å². The highest BCUT2D eigenvalue weighted by molar-refractivity contribution is 7.17. The van der Waals surface area contributed by atoms with Gasteiger partial charge in [0.15, 0.2) is 5.82 Å². The predicted octanol–water partition coefficient (Wildman–Crippen LogP) is 11.7. The van der Waals surface area contributed by atoms with E-state index in [1.54, 1.807) is 11.3 Å². The molecule has 7 aromatic rings. The smallest absolute Gasteiger partial charge is 0.160 e. The maximum absolute atomic E-state index is 6.71. The maximum atomic E-state index is 6.71. The Bertz CT molecular complexity index is 2400. The quantitative estimate of drug-likeness (QED) is 0.189. The number of benzene rings is 5. The van der Waals surface area contributed by atoms with E-state index in [9.17, 15) is 0 Å². The first kappa shape index (κ1) is 28.4. The van der Waals surface area contributed by atoms with E-state index in [1.165, 1.54) is 26.8 Å². The van der Waals surface area contributed by atoms with Gasteiger partial charge in [-0.05, 0) is 88.5 Å². The number of allylic oxidation sites excluding steroid dienone is 5. The van der Waals surface area contributed by atoms with Gasteiger partial charge in [0.25, 0.3) is 0 Å². The molecule has 1 aliphatic carbocycles. The van der Waals surface area contributed by atoms with Crippen molar-refractivity contribution in [2.75, 3.05) is 0 Å². The Kier molecular flexibility index (Phi) is 6.59. The van der Waals surface area contributed by atoms with Crippen LogP contribution in [0.1, 0.15) is 29.2 Å². The Morgan fingerprint density at radius 2 is 1.38 bits per heavy atom. The van der Waals surface area contributed by atoms with Crippen molar-refractivity contribution in [2.24, 2.45) is 0 Å². The van der Waals surface area contributed by atoms with Crippen molar-refractivity contribution in [3.63, 3.8) is 0 Å². The lowest BCUT2D eigenvalue weighted by Gasteiger charge is -2.40. The minimum Gasteiger partial charge on any atom is -0.457 e. The van der Waals surface area contributed by atoms with E-state index in [0.717, 1.165) is 56.3 Å². The zero-order valence-corrected chi connectivity index (χ0v) is 27.2. The molecular weight excluding hydrogens is 605 g/mol. The molecule has 3 nitrogen and oxygen atoms in total. The van der Waals surface area contributed by atoms with Crippen LogP contribution in [0.25, 0.3) is 49.6 Å². The molecule has 48 heavy (non-hydrogen) atoms. The summed E-state index contributed by atoms with van der Waals surface area (Å²) in [5.74, 6) is 2.38. The molecule has 1 aliphatic heterocycles. The summed E-state index contributed by atoms with van der Waals surface area (Å²) < 4.78 is 7.97. The number of thiophene rings is 1. The lowest BCUT2D eigenvalue weighted by atomic mass is 9.65. The number of nitrogens with zero attached hydrogens (tertiary/aromatic N) is 2. The van der Waals surface area contributed by atoms with Crippen LogP contribution in [0.5, 0.6) is 11.5 Å². The van der Waals surface area contributed by atoms with E-state index in [1.807, 2.05) is 48.5 Å². The predicted molar refractivity (Wildman–Crippen MR) is 198 cm³/mol. The van der Waals surface area contributed by atoms with Crippen molar-refractivity contribution < 1.29 is 4.74 Å². The Hall–Kier alpha value is -5.84. The van der Waals surface area contributed by atoms with Crippen molar-refractivity contribution in [3.8, 4) is 45.4 Å². The lowest BCUT2D eigenvalue weighted by Crippen LogP contribution is -2.32. The molecule has 0 bridgehead atoms. The van der Waals surface area contributed by atoms with Crippen LogP contribution < -0.4 is 4.74 Å². The lowest BCUT2D eigenvalue weighted by molar-refractivity contribution is 0.436. The molecule has 5 aromatic carbocycles. The zero-order chi connectivity index (χ0) is 32.2. The fourth-order valence-corrected chi connectivity index (χ4v) is 8.30. The number of para-hydroxylation sites is 1. The second-order valence-electron chi connectivity index (χ2n) is 12.1. The average Bonchev–Trinajstić information content (AvgIpc) is 3.71. The highest BCUT2D eigenvalue weighted by atomic mass is 32.1. The van der Waals surface area contributed by atoms with Crippen LogP contribution in [-0.4, -0.2) is 9.97 Å². The minimum absolute atomic E-state index is 0.637. The van der Waals surface area contributed by atoms with Gasteiger partial charge >= 0.3 is 0 Å². The van der Waals surface area contributed by atoms with E-state index in [0.29, 0.717) is 5.82 Å². The fourth-order valence-electron chi connectivity index (χ4n) is 7.49. The van der Waals surface area contributed by atoms with Crippen molar-refractivity contribution in [3.05, 3.63) is 185 Å². The Balaban J connectivity index is 1.35. The van der Waals surface area contributed by atoms with Gasteiger partial charge in [-0.3, -0.25) is 0 Å². The molecule has 0 saturated heterocycles. The van der Waals surface area contributed by atoms with E-state index >= 15 is 0 Å². The Morgan fingerprint density at radius 3 is 2.15 bits per heavy atom. The summed E-state index contributed by atoms with van der Waals surface area (Å²) in [5.41, 5.74) is 11.1. The SMILES string of the molecule is C=CC1=C(/C=C\C)c2cc3ccsc3cc2C12c1ccccc1Oc1ccc(-c3cc(-c4ccccc4)nc(-c4ccccc4)n3)cc12. The van der Waals surface area contributed by atoms with Crippen LogP contribution in [-0.2, 0) is 5.41 Å². The molecule has 0 fully saturated rings. The van der Waals surface area contributed by atoms with Crippen LogP contribution in [0.4, 0.5) is 0 Å². The van der Waals surface area contributed by atoms with Crippen molar-refractivity contribution >= 4 is 27.0 Å². The van der Waals surface area contributed by atoms with Crippen LogP contribution in [0.2, 0.25) is 0 Å². The highest BCUT2D eigenvalue weighted by Crippen LogP contribution is 2.62. The molecule has 4 heteroatoms. The van der Waals surface area contributed by atoms with E-state index in [4.69, 9.17) is 14.7 Å². The molecule has 9 rings (SSSR count). The van der Waals surface area contributed by atoms with Gasteiger partial charge in [0.2, 0.25) is 0 Å². The second kappa shape index (κ2) is 11.2. The first-order chi connectivity index (χ1) is 23.7. The molecule has 0 amide bonds. The third kappa shape index (κ3) is 4.20. The van der Waals surface area contributed by atoms with Crippen molar-refractivity contribution in [2.45, 2.75) is 12.3 Å². The number of fused-ring (bicyclic) bond motifs is 7. The summed E-state index contributed by atoms with van der Waals surface area (Å²) in [6.07, 6.45) is 6.40. The van der Waals surface area contributed by atoms with Gasteiger partial charge in [-0.25, -0.2) is 9.97 Å². The van der Waals surface area contributed by atoms with Gasteiger partial charge in [0.1, 0.15) is 11.5 Å². The van der Waals surface area contributed by atoms with Gasteiger partial charge in [0, 0.05) is 32.5 Å². The fraction of sp³-hybridized carbons (Fsp3) is 0.0455. The molecule has 1 atom stereocenters. The number of hydrogen-bond acceptors (Lipinski definition) is 4. The summed E-state index contributed by atoms with van der Waals surface area (Å²) in [7, 11) is 0. The molecule has 2 aromatic heterocycles. The van der Waals surface area contributed by atoms with Crippen LogP contribution in [0, 0.1) is 0 Å². The molecule has 0 radical (unpaired) electrons. The molecule has 0 saturated carbocycles. The number of ether oxygens (including phenoxy) is 1. The number of aromatic nitrogens is 2. The van der Waals surface area contributed by atoms with Gasteiger partial charge in [-0.1, -0.05) is 104 Å². The summed E-state index contributed by atoms with van der Waals surface area (Å²) >= 11 is 1.78. The first-order valence-corrected chi connectivity index (χ1v) is 17.0. The average molecular weight is 635 g/mol. The van der Waals surface area contributed by atoms with Crippen LogP contribution >= 0.6 is 11.3 Å². The molecule has 1 spiro atoms. The molecule has 1 unspecified atom stereocenters. The third-order valence-electron chi connectivity index (χ3n) is 9.54. The molecule has 3 heterocycles. The molecule has 0 N–H and O–H groups in total. The minimum atomic E-state index is -0.637. The summed E-state index contributed by atoms with van der Waals surface area (Å²) in [6, 6.07) is 44.5. The Morgan fingerprint density at radius 1 is 0.667 bits per heavy atom. The van der Waals surface area contributed by atoms with E-state index in [-0.39, 0.29) is 0 Å². The summed E-state index contributed by atoms with van der Waals surface area (Å²) in [4.78, 5) is 10.2. The molecule has 228 valence electrons. The van der Waals surface area contributed by atoms with E-state index < -0.39 is 5.41 Å². The zero-order valence-electron chi connectivity index (χ0n) is 26.4. The van der Waals surface area contributed by atoms with E-state index in [2.05, 4.69) is 116 Å². The second-order valence-corrected chi connectivity index (χ2v) is 13.1. The normalized spacial score (nSPS) is 16.2. The Labute approximate surface area is 283 Å². The monoisotopic (exact) mass is 634 g/mol. The number of hydrogen-bond donors (Lipinski definition) is 0. The summed E-state index contributed by atoms with van der Waals surface area (Å²) in [5, 5.41) is 3.42. The van der Waals surface area contributed by atoms with Gasteiger partial charge < -0.3 is 4.74 Å². The molecule has 2 aliphatic rings. The van der Waals surface area contributed by atoms with Gasteiger partial charge in [-0.15, -0.1) is 11.3 Å². The summed E-state index contributed by atoms with van der Waals surface area (Å²) in [6.45, 7) is 6.51. The van der Waals surface area contributed by atoms with Gasteiger partial charge in [0.05, 0.1) is 16.8 Å². The largest absolute Gasteiger partial charge is 0.457 e. The first-order valence-electron chi connectivity index (χ1n) is 16.1. The van der Waals surface area contributed by atoms with Crippen molar-refractivity contribution in [1.29, 1.82) is 0 Å². The molecular formula is C44H30N2OS. The third-order valence-corrected chi connectivity index (χ3v) is 10.4. The highest BCUT2D eigenvalue weighted by Gasteiger charge is 2.51. The van der Waals surface area contributed by atoms with Crippen LogP contribution in [0.15, 0.2) is 163 Å².